The summed E-state index contributed by atoms with van der Waals surface area (Å²) in [5.74, 6) is 0.750. The molecule has 1 aromatic carbocycles. The SMILES string of the molecule is C[C@H]1CCCC[C@@H]1OCC(=O)N(C)Cc1cccc(O)c1. The zero-order valence-electron chi connectivity index (χ0n) is 12.9. The van der Waals surface area contributed by atoms with Gasteiger partial charge in [0.15, 0.2) is 0 Å². The Labute approximate surface area is 126 Å². The molecule has 0 bridgehead atoms. The highest BCUT2D eigenvalue weighted by Crippen LogP contribution is 2.26. The molecule has 0 unspecified atom stereocenters. The van der Waals surface area contributed by atoms with Gasteiger partial charge in [-0.25, -0.2) is 0 Å². The standard InChI is InChI=1S/C17H25NO3/c1-13-6-3-4-9-16(13)21-12-17(20)18(2)11-14-7-5-8-15(19)10-14/h5,7-8,10,13,16,19H,3-4,6,9,11-12H2,1-2H3/t13-,16-/m0/s1. The van der Waals surface area contributed by atoms with Crippen LogP contribution < -0.4 is 0 Å². The molecule has 1 amide bonds. The summed E-state index contributed by atoms with van der Waals surface area (Å²) < 4.78 is 5.80. The van der Waals surface area contributed by atoms with Crippen LogP contribution in [-0.2, 0) is 16.1 Å². The summed E-state index contributed by atoms with van der Waals surface area (Å²) in [6, 6.07) is 6.98. The molecule has 1 aliphatic carbocycles. The van der Waals surface area contributed by atoms with E-state index in [-0.39, 0.29) is 24.4 Å². The monoisotopic (exact) mass is 291 g/mol. The number of hydrogen-bond donors (Lipinski definition) is 1. The first kappa shape index (κ1) is 15.8. The average molecular weight is 291 g/mol. The molecule has 21 heavy (non-hydrogen) atoms. The highest BCUT2D eigenvalue weighted by molar-refractivity contribution is 5.77. The number of ether oxygens (including phenoxy) is 1. The second kappa shape index (κ2) is 7.46. The number of rotatable bonds is 5. The number of aromatic hydroxyl groups is 1. The van der Waals surface area contributed by atoms with Gasteiger partial charge < -0.3 is 14.7 Å². The maximum absolute atomic E-state index is 12.1. The van der Waals surface area contributed by atoms with Crippen molar-refractivity contribution >= 4 is 5.91 Å². The first-order valence-electron chi connectivity index (χ1n) is 7.69. The number of likely N-dealkylation sites (N-methyl/N-ethyl adjacent to an activating group) is 1. The van der Waals surface area contributed by atoms with Crippen LogP contribution in [0.25, 0.3) is 0 Å². The van der Waals surface area contributed by atoms with E-state index in [1.807, 2.05) is 6.07 Å². The van der Waals surface area contributed by atoms with Gasteiger partial charge in [0.05, 0.1) is 6.10 Å². The average Bonchev–Trinajstić information content (AvgIpc) is 2.46. The smallest absolute Gasteiger partial charge is 0.248 e. The predicted molar refractivity (Wildman–Crippen MR) is 82.0 cm³/mol. The Morgan fingerprint density at radius 2 is 2.14 bits per heavy atom. The highest BCUT2D eigenvalue weighted by Gasteiger charge is 2.23. The molecule has 2 rings (SSSR count). The molecule has 4 heteroatoms. The summed E-state index contributed by atoms with van der Waals surface area (Å²) in [5, 5.41) is 9.44. The van der Waals surface area contributed by atoms with E-state index in [2.05, 4.69) is 6.92 Å². The fourth-order valence-electron chi connectivity index (χ4n) is 2.84. The third kappa shape index (κ3) is 4.74. The van der Waals surface area contributed by atoms with Crippen LogP contribution in [0.15, 0.2) is 24.3 Å². The van der Waals surface area contributed by atoms with Crippen molar-refractivity contribution in [2.24, 2.45) is 5.92 Å². The van der Waals surface area contributed by atoms with Gasteiger partial charge in [-0.15, -0.1) is 0 Å². The van der Waals surface area contributed by atoms with Crippen LogP contribution in [0.1, 0.15) is 38.2 Å². The molecule has 1 saturated carbocycles. The van der Waals surface area contributed by atoms with Gasteiger partial charge in [0, 0.05) is 13.6 Å². The van der Waals surface area contributed by atoms with Gasteiger partial charge in [0.25, 0.3) is 0 Å². The van der Waals surface area contributed by atoms with Crippen molar-refractivity contribution in [3.8, 4) is 5.75 Å². The second-order valence-corrected chi connectivity index (χ2v) is 6.03. The Kier molecular flexibility index (Phi) is 5.62. The lowest BCUT2D eigenvalue weighted by Crippen LogP contribution is -2.34. The lowest BCUT2D eigenvalue weighted by molar-refractivity contribution is -0.139. The number of carbonyl (C=O) groups excluding carboxylic acids is 1. The predicted octanol–water partition coefficient (Wildman–Crippen LogP) is 2.95. The quantitative estimate of drug-likeness (QED) is 0.907. The van der Waals surface area contributed by atoms with Crippen molar-refractivity contribution in [3.05, 3.63) is 29.8 Å². The van der Waals surface area contributed by atoms with Gasteiger partial charge in [0.1, 0.15) is 12.4 Å². The number of hydrogen-bond acceptors (Lipinski definition) is 3. The second-order valence-electron chi connectivity index (χ2n) is 6.03. The number of amides is 1. The molecule has 0 spiro atoms. The van der Waals surface area contributed by atoms with E-state index in [9.17, 15) is 9.90 Å². The van der Waals surface area contributed by atoms with Crippen molar-refractivity contribution in [2.45, 2.75) is 45.3 Å². The minimum atomic E-state index is -0.0175. The Bertz CT molecular complexity index is 475. The van der Waals surface area contributed by atoms with Gasteiger partial charge in [0.2, 0.25) is 5.91 Å². The van der Waals surface area contributed by atoms with Gasteiger partial charge in [-0.05, 0) is 36.5 Å². The van der Waals surface area contributed by atoms with Crippen LogP contribution in [0.5, 0.6) is 5.75 Å². The summed E-state index contributed by atoms with van der Waals surface area (Å²) in [6.07, 6.45) is 4.94. The first-order chi connectivity index (χ1) is 10.1. The molecule has 4 nitrogen and oxygen atoms in total. The molecule has 1 N–H and O–H groups in total. The molecule has 0 saturated heterocycles. The minimum absolute atomic E-state index is 0.0175. The maximum Gasteiger partial charge on any atom is 0.248 e. The van der Waals surface area contributed by atoms with Gasteiger partial charge >= 0.3 is 0 Å². The van der Waals surface area contributed by atoms with Crippen molar-refractivity contribution in [2.75, 3.05) is 13.7 Å². The summed E-state index contributed by atoms with van der Waals surface area (Å²) in [4.78, 5) is 13.8. The summed E-state index contributed by atoms with van der Waals surface area (Å²) in [5.41, 5.74) is 0.914. The molecule has 0 aliphatic heterocycles. The number of phenolic OH excluding ortho intramolecular Hbond substituents is 1. The van der Waals surface area contributed by atoms with E-state index in [0.29, 0.717) is 12.5 Å². The van der Waals surface area contributed by atoms with Gasteiger partial charge in [-0.2, -0.15) is 0 Å². The topological polar surface area (TPSA) is 49.8 Å². The van der Waals surface area contributed by atoms with Crippen molar-refractivity contribution in [3.63, 3.8) is 0 Å². The molecule has 0 radical (unpaired) electrons. The first-order valence-corrected chi connectivity index (χ1v) is 7.69. The van der Waals surface area contributed by atoms with Crippen LogP contribution in [0.4, 0.5) is 0 Å². The zero-order chi connectivity index (χ0) is 15.2. The molecule has 1 fully saturated rings. The molecule has 0 heterocycles. The number of carbonyl (C=O) groups is 1. The van der Waals surface area contributed by atoms with Crippen molar-refractivity contribution < 1.29 is 14.6 Å². The fourth-order valence-corrected chi connectivity index (χ4v) is 2.84. The Morgan fingerprint density at radius 3 is 2.86 bits per heavy atom. The highest BCUT2D eigenvalue weighted by atomic mass is 16.5. The molecular formula is C17H25NO3. The summed E-state index contributed by atoms with van der Waals surface area (Å²) in [6.45, 7) is 2.83. The number of nitrogens with zero attached hydrogens (tertiary/aromatic N) is 1. The van der Waals surface area contributed by atoms with E-state index in [0.717, 1.165) is 12.0 Å². The molecule has 0 aromatic heterocycles. The maximum atomic E-state index is 12.1. The van der Waals surface area contributed by atoms with Crippen LogP contribution >= 0.6 is 0 Å². The number of phenols is 1. The molecular weight excluding hydrogens is 266 g/mol. The third-order valence-corrected chi connectivity index (χ3v) is 4.21. The zero-order valence-corrected chi connectivity index (χ0v) is 12.9. The molecule has 2 atom stereocenters. The van der Waals surface area contributed by atoms with Crippen LogP contribution in [0.2, 0.25) is 0 Å². The van der Waals surface area contributed by atoms with E-state index in [1.165, 1.54) is 19.3 Å². The van der Waals surface area contributed by atoms with Gasteiger partial charge in [-0.1, -0.05) is 31.9 Å². The fraction of sp³-hybridized carbons (Fsp3) is 0.588. The summed E-state index contributed by atoms with van der Waals surface area (Å²) in [7, 11) is 1.76. The lowest BCUT2D eigenvalue weighted by atomic mass is 9.88. The summed E-state index contributed by atoms with van der Waals surface area (Å²) >= 11 is 0. The number of benzene rings is 1. The van der Waals surface area contributed by atoms with Crippen LogP contribution in [0, 0.1) is 5.92 Å². The van der Waals surface area contributed by atoms with E-state index in [1.54, 1.807) is 30.1 Å². The Hall–Kier alpha value is -1.55. The third-order valence-electron chi connectivity index (χ3n) is 4.21. The largest absolute Gasteiger partial charge is 0.508 e. The Morgan fingerprint density at radius 1 is 1.38 bits per heavy atom. The van der Waals surface area contributed by atoms with E-state index < -0.39 is 0 Å². The molecule has 1 aliphatic rings. The van der Waals surface area contributed by atoms with Gasteiger partial charge in [-0.3, -0.25) is 4.79 Å². The van der Waals surface area contributed by atoms with Crippen LogP contribution in [-0.4, -0.2) is 35.7 Å². The van der Waals surface area contributed by atoms with Crippen molar-refractivity contribution in [1.82, 2.24) is 4.90 Å². The molecule has 116 valence electrons. The minimum Gasteiger partial charge on any atom is -0.508 e. The van der Waals surface area contributed by atoms with Crippen LogP contribution in [0.3, 0.4) is 0 Å². The normalized spacial score (nSPS) is 22.0. The Balaban J connectivity index is 1.79. The lowest BCUT2D eigenvalue weighted by Gasteiger charge is -2.29. The van der Waals surface area contributed by atoms with Crippen molar-refractivity contribution in [1.29, 1.82) is 0 Å². The molecule has 1 aromatic rings. The van der Waals surface area contributed by atoms with E-state index in [4.69, 9.17) is 4.74 Å². The van der Waals surface area contributed by atoms with E-state index >= 15 is 0 Å².